The van der Waals surface area contributed by atoms with Crippen LogP contribution in [0.2, 0.25) is 15.7 Å². The van der Waals surface area contributed by atoms with Crippen molar-refractivity contribution in [1.29, 1.82) is 0 Å². The van der Waals surface area contributed by atoms with Crippen LogP contribution in [0.5, 0.6) is 23.0 Å². The quantitative estimate of drug-likeness (QED) is 0.0463. The number of aromatic nitrogens is 10. The smallest absolute Gasteiger partial charge is 0.230 e. The van der Waals surface area contributed by atoms with Gasteiger partial charge in [-0.1, -0.05) is 11.6 Å². The number of nitrogens with one attached hydrogen (secondary N) is 2. The molecule has 88 heavy (non-hydrogen) atoms. The molecule has 3 aliphatic carbocycles. The highest BCUT2D eigenvalue weighted by molar-refractivity contribution is 6.32. The molecule has 474 valence electrons. The van der Waals surface area contributed by atoms with Crippen molar-refractivity contribution in [3.63, 3.8) is 0 Å². The summed E-state index contributed by atoms with van der Waals surface area (Å²) in [5.74, 6) is 6.24. The molecule has 0 saturated carbocycles. The molecule has 7 N–H and O–H groups in total. The summed E-state index contributed by atoms with van der Waals surface area (Å²) >= 11 is 17.6. The molecule has 0 bridgehead atoms. The molecule has 7 aromatic rings. The molecule has 5 aromatic heterocycles. The first-order valence-electron chi connectivity index (χ1n) is 30.6. The number of anilines is 5. The minimum atomic E-state index is 0.137. The third kappa shape index (κ3) is 16.1. The van der Waals surface area contributed by atoms with Crippen LogP contribution < -0.4 is 45.1 Å². The van der Waals surface area contributed by atoms with E-state index in [4.69, 9.17) is 74.6 Å². The number of benzene rings is 2. The molecule has 13 rings (SSSR count). The number of nitrogen functional groups attached to an aromatic ring is 1. The number of rotatable bonds is 13. The Kier molecular flexibility index (Phi) is 23.6. The van der Waals surface area contributed by atoms with Gasteiger partial charge in [0.1, 0.15) is 41.0 Å². The minimum absolute atomic E-state index is 0.137. The Morgan fingerprint density at radius 2 is 1.09 bits per heavy atom. The third-order valence-electron chi connectivity index (χ3n) is 17.0. The highest BCUT2D eigenvalue weighted by atomic mass is 35.5. The van der Waals surface area contributed by atoms with Gasteiger partial charge >= 0.3 is 0 Å². The Bertz CT molecular complexity index is 3410. The van der Waals surface area contributed by atoms with E-state index in [1.165, 1.54) is 48.8 Å². The Labute approximate surface area is 530 Å². The molecule has 0 spiro atoms. The fourth-order valence-corrected chi connectivity index (χ4v) is 12.9. The van der Waals surface area contributed by atoms with E-state index in [0.717, 1.165) is 160 Å². The Morgan fingerprint density at radius 1 is 0.568 bits per heavy atom. The van der Waals surface area contributed by atoms with Gasteiger partial charge in [-0.25, -0.2) is 34.9 Å². The maximum atomic E-state index is 9.87. The van der Waals surface area contributed by atoms with Gasteiger partial charge in [0.2, 0.25) is 22.3 Å². The summed E-state index contributed by atoms with van der Waals surface area (Å²) in [6, 6.07) is 8.52. The van der Waals surface area contributed by atoms with Crippen molar-refractivity contribution in [2.45, 2.75) is 148 Å². The molecule has 6 aliphatic rings. The van der Waals surface area contributed by atoms with Gasteiger partial charge in [0.15, 0.2) is 17.3 Å². The van der Waals surface area contributed by atoms with Crippen molar-refractivity contribution in [2.75, 3.05) is 88.7 Å². The zero-order valence-corrected chi connectivity index (χ0v) is 53.6. The van der Waals surface area contributed by atoms with Gasteiger partial charge in [0.25, 0.3) is 0 Å². The lowest BCUT2D eigenvalue weighted by molar-refractivity contribution is 0.255. The molecular weight excluding hydrogens is 1190 g/mol. The normalized spacial score (nSPS) is 18.2. The number of methoxy groups -OCH3 is 4. The SMILES string of the molecule is COc1cc(-n2cnc(N)c2)cc(OC)c1OC.COc1cc(-n2cnc(Nc3nc4c(c(N5CCC[C@@H]5CO)n3)CCCC4)c2)cc(C)c1C.Clc1nc(Cl)c2c(n1)CCCC2.OC[C@@H]1CCCN1.OC[C@H]1CCCN1c1nc(Cl)nc2c1CCCC2. The van der Waals surface area contributed by atoms with Crippen LogP contribution in [0.15, 0.2) is 49.3 Å². The molecule has 3 fully saturated rings. The van der Waals surface area contributed by atoms with Crippen molar-refractivity contribution in [1.82, 2.24) is 54.3 Å². The van der Waals surface area contributed by atoms with E-state index in [2.05, 4.69) is 70.3 Å². The third-order valence-corrected chi connectivity index (χ3v) is 17.6. The summed E-state index contributed by atoms with van der Waals surface area (Å²) in [6.45, 7) is 7.78. The van der Waals surface area contributed by atoms with Gasteiger partial charge in [-0.2, -0.15) is 4.98 Å². The summed E-state index contributed by atoms with van der Waals surface area (Å²) in [4.78, 5) is 39.6. The lowest BCUT2D eigenvalue weighted by Crippen LogP contribution is -2.34. The molecule has 8 heterocycles. The van der Waals surface area contributed by atoms with Gasteiger partial charge < -0.3 is 69.6 Å². The zero-order valence-electron chi connectivity index (χ0n) is 51.4. The fraction of sp³-hybridized carbons (Fsp3) is 0.524. The average Bonchev–Trinajstić information content (AvgIpc) is 2.42. The van der Waals surface area contributed by atoms with E-state index in [1.807, 2.05) is 29.0 Å². The second-order valence-electron chi connectivity index (χ2n) is 22.7. The molecule has 25 heteroatoms. The maximum absolute atomic E-state index is 9.87. The van der Waals surface area contributed by atoms with Crippen molar-refractivity contribution < 1.29 is 34.3 Å². The van der Waals surface area contributed by atoms with E-state index >= 15 is 0 Å². The monoisotopic (exact) mass is 1270 g/mol. The van der Waals surface area contributed by atoms with Gasteiger partial charge in [0.05, 0.1) is 101 Å². The average molecular weight is 1270 g/mol. The zero-order chi connectivity index (χ0) is 62.3. The standard InChI is InChI=1S/C25H32N6O2.C13H18ClN3O.C12H15N3O3.C8H8Cl2N2.C5H11NO/c1-16-11-19(12-22(33-3)17(16)2)30-13-23(26-15-30)28-25-27-21-9-5-4-8-20(21)24(29-25)31-10-6-7-18(31)14-32;14-13-15-11-6-2-1-5-10(11)12(16-13)17-7-3-4-9(17)8-18;1-16-9-4-8(15-6-11(13)14-7-15)5-10(17-2)12(9)18-3;9-7-5-3-1-2-4-6(5)11-8(10)12-7;7-4-5-2-1-3-6-5/h11-13,15,18,32H,4-10,14H2,1-3H3,(H,27,28,29);9,18H,1-8H2;4-7H,13H2,1-3H3;1-4H2;5-7H,1-4H2/t18-;9-;;;5-/m11..0/s1. The van der Waals surface area contributed by atoms with Crippen molar-refractivity contribution >= 4 is 64.0 Å². The van der Waals surface area contributed by atoms with Crippen LogP contribution in [-0.2, 0) is 38.5 Å². The van der Waals surface area contributed by atoms with Crippen LogP contribution >= 0.6 is 34.8 Å². The molecule has 3 atom stereocenters. The highest BCUT2D eigenvalue weighted by Crippen LogP contribution is 2.40. The molecule has 3 aliphatic heterocycles. The molecule has 22 nitrogen and oxygen atoms in total. The molecule has 0 unspecified atom stereocenters. The van der Waals surface area contributed by atoms with E-state index in [9.17, 15) is 10.2 Å². The molecule has 0 radical (unpaired) electrons. The lowest BCUT2D eigenvalue weighted by atomic mass is 9.96. The largest absolute Gasteiger partial charge is 0.496 e. The number of hydrogen-bond acceptors (Lipinski definition) is 20. The van der Waals surface area contributed by atoms with Gasteiger partial charge in [-0.05, 0) is 176 Å². The van der Waals surface area contributed by atoms with E-state index < -0.39 is 0 Å². The number of halogens is 3. The van der Waals surface area contributed by atoms with E-state index in [1.54, 1.807) is 51.9 Å². The lowest BCUT2D eigenvalue weighted by Gasteiger charge is -2.29. The maximum Gasteiger partial charge on any atom is 0.230 e. The van der Waals surface area contributed by atoms with Crippen LogP contribution in [0.3, 0.4) is 0 Å². The second kappa shape index (κ2) is 31.6. The summed E-state index contributed by atoms with van der Waals surface area (Å²) in [7, 11) is 6.40. The van der Waals surface area contributed by atoms with Crippen molar-refractivity contribution in [2.24, 2.45) is 0 Å². The van der Waals surface area contributed by atoms with Crippen LogP contribution in [0.4, 0.5) is 29.2 Å². The van der Waals surface area contributed by atoms with Gasteiger partial charge in [0, 0.05) is 54.0 Å². The number of aliphatic hydroxyl groups is 3. The van der Waals surface area contributed by atoms with Crippen LogP contribution in [0.1, 0.15) is 122 Å². The first kappa shape index (κ1) is 65.7. The van der Waals surface area contributed by atoms with Crippen LogP contribution in [0, 0.1) is 13.8 Å². The summed E-state index contributed by atoms with van der Waals surface area (Å²) in [5.41, 5.74) is 16.6. The molecular formula is C63H84Cl3N15O7. The predicted molar refractivity (Wildman–Crippen MR) is 345 cm³/mol. The summed E-state index contributed by atoms with van der Waals surface area (Å²) < 4.78 is 25.1. The number of hydrogen-bond donors (Lipinski definition) is 6. The first-order valence-corrected chi connectivity index (χ1v) is 31.7. The number of imidazole rings is 2. The van der Waals surface area contributed by atoms with Gasteiger partial charge in [-0.3, -0.25) is 0 Å². The number of ether oxygens (including phenoxy) is 4. The summed E-state index contributed by atoms with van der Waals surface area (Å²) in [5, 5.41) is 35.4. The van der Waals surface area contributed by atoms with Crippen LogP contribution in [-0.4, -0.2) is 150 Å². The van der Waals surface area contributed by atoms with Crippen molar-refractivity contribution in [3.05, 3.63) is 110 Å². The molecule has 0 amide bonds. The Morgan fingerprint density at radius 3 is 1.62 bits per heavy atom. The number of aryl methyl sites for hydroxylation is 4. The van der Waals surface area contributed by atoms with E-state index in [-0.39, 0.29) is 30.6 Å². The first-order chi connectivity index (χ1) is 42.8. The fourth-order valence-electron chi connectivity index (χ4n) is 12.2. The minimum Gasteiger partial charge on any atom is -0.496 e. The van der Waals surface area contributed by atoms with E-state index in [0.29, 0.717) is 57.9 Å². The van der Waals surface area contributed by atoms with Crippen LogP contribution in [0.25, 0.3) is 11.4 Å². The Balaban J connectivity index is 0.000000143. The van der Waals surface area contributed by atoms with Crippen molar-refractivity contribution in [3.8, 4) is 34.4 Å². The predicted octanol–water partition coefficient (Wildman–Crippen LogP) is 9.71. The highest BCUT2D eigenvalue weighted by Gasteiger charge is 2.32. The summed E-state index contributed by atoms with van der Waals surface area (Å²) in [6.07, 6.45) is 26.7. The number of nitrogens with zero attached hydrogens (tertiary/aromatic N) is 12. The molecule has 2 aromatic carbocycles. The Hall–Kier alpha value is -6.79. The molecule has 3 saturated heterocycles. The van der Waals surface area contributed by atoms with Gasteiger partial charge in [-0.15, -0.1) is 0 Å². The topological polar surface area (TPSA) is 267 Å². The number of fused-ring (bicyclic) bond motifs is 3. The number of nitrogens with two attached hydrogens (primary N) is 1. The number of aliphatic hydroxyl groups excluding tert-OH is 3. The second-order valence-corrected chi connectivity index (χ2v) is 23.7.